The fourth-order valence-corrected chi connectivity index (χ4v) is 4.27. The molecule has 0 spiro atoms. The summed E-state index contributed by atoms with van der Waals surface area (Å²) < 4.78 is 28.2. The number of rotatable bonds is 4. The number of aromatic hydroxyl groups is 1. The van der Waals surface area contributed by atoms with Crippen LogP contribution in [0.1, 0.15) is 20.7 Å². The van der Waals surface area contributed by atoms with Crippen LogP contribution in [-0.4, -0.2) is 25.3 Å². The molecule has 0 fully saturated rings. The van der Waals surface area contributed by atoms with Gasteiger partial charge in [-0.25, -0.2) is 13.3 Å². The lowest BCUT2D eigenvalue weighted by Gasteiger charge is -2.18. The van der Waals surface area contributed by atoms with Crippen LogP contribution in [0.25, 0.3) is 0 Å². The summed E-state index contributed by atoms with van der Waals surface area (Å²) in [6.07, 6.45) is 0. The maximum Gasteiger partial charge on any atom is 0.266 e. The summed E-state index contributed by atoms with van der Waals surface area (Å²) in [4.78, 5) is 26.1. The van der Waals surface area contributed by atoms with E-state index >= 15 is 0 Å². The Bertz CT molecular complexity index is 1170. The van der Waals surface area contributed by atoms with E-state index in [1.807, 2.05) is 0 Å². The van der Waals surface area contributed by atoms with Gasteiger partial charge in [-0.1, -0.05) is 24.3 Å². The molecule has 1 heterocycles. The summed E-state index contributed by atoms with van der Waals surface area (Å²) in [5, 5.41) is 9.34. The van der Waals surface area contributed by atoms with Gasteiger partial charge in [0.2, 0.25) is 0 Å². The molecule has 28 heavy (non-hydrogen) atoms. The van der Waals surface area contributed by atoms with Gasteiger partial charge < -0.3 is 5.11 Å². The predicted octanol–water partition coefficient (Wildman–Crippen LogP) is 2.99. The summed E-state index contributed by atoms with van der Waals surface area (Å²) in [6.45, 7) is 0. The zero-order valence-electron chi connectivity index (χ0n) is 14.4. The number of hydrogen-bond donors (Lipinski definition) is 2. The molecule has 7 nitrogen and oxygen atoms in total. The minimum atomic E-state index is -4.11. The molecule has 140 valence electrons. The van der Waals surface area contributed by atoms with Gasteiger partial charge in [0.15, 0.2) is 0 Å². The van der Waals surface area contributed by atoms with Gasteiger partial charge in [-0.15, -0.1) is 0 Å². The number of phenolic OH excluding ortho intramolecular Hbond substituents is 1. The third kappa shape index (κ3) is 2.89. The number of imide groups is 1. The number of amides is 2. The minimum Gasteiger partial charge on any atom is -0.508 e. The normalized spacial score (nSPS) is 13.5. The maximum atomic E-state index is 12.9. The Morgan fingerprint density at radius 2 is 1.29 bits per heavy atom. The number of fused-ring (bicyclic) bond motifs is 1. The van der Waals surface area contributed by atoms with E-state index in [-0.39, 0.29) is 33.1 Å². The monoisotopic (exact) mass is 394 g/mol. The van der Waals surface area contributed by atoms with Crippen molar-refractivity contribution in [3.8, 4) is 5.75 Å². The molecule has 0 radical (unpaired) electrons. The number of carbonyl (C=O) groups excluding carboxylic acids is 2. The number of sulfonamides is 1. The Balaban J connectivity index is 1.77. The van der Waals surface area contributed by atoms with Crippen LogP contribution in [0.3, 0.4) is 0 Å². The average Bonchev–Trinajstić information content (AvgIpc) is 2.94. The predicted molar refractivity (Wildman–Crippen MR) is 103 cm³/mol. The zero-order valence-corrected chi connectivity index (χ0v) is 15.2. The topological polar surface area (TPSA) is 104 Å². The summed E-state index contributed by atoms with van der Waals surface area (Å²) in [5.74, 6) is -1.16. The fraction of sp³-hybridized carbons (Fsp3) is 0. The highest BCUT2D eigenvalue weighted by molar-refractivity contribution is 7.92. The van der Waals surface area contributed by atoms with E-state index in [2.05, 4.69) is 4.72 Å². The first-order chi connectivity index (χ1) is 13.4. The number of para-hydroxylation sites is 1. The molecule has 0 unspecified atom stereocenters. The Hall–Kier alpha value is -3.65. The molecule has 2 amide bonds. The first-order valence-electron chi connectivity index (χ1n) is 8.27. The summed E-state index contributed by atoms with van der Waals surface area (Å²) in [7, 11) is -4.11. The van der Waals surface area contributed by atoms with Crippen LogP contribution in [0.2, 0.25) is 0 Å². The molecule has 8 heteroatoms. The van der Waals surface area contributed by atoms with E-state index < -0.39 is 21.8 Å². The van der Waals surface area contributed by atoms with Crippen molar-refractivity contribution in [3.05, 3.63) is 83.9 Å². The highest BCUT2D eigenvalue weighted by Crippen LogP contribution is 2.33. The van der Waals surface area contributed by atoms with Crippen LogP contribution in [-0.2, 0) is 10.0 Å². The maximum absolute atomic E-state index is 12.9. The number of nitrogens with one attached hydrogen (secondary N) is 1. The Kier molecular flexibility index (Phi) is 4.12. The third-order valence-electron chi connectivity index (χ3n) is 4.31. The molecule has 0 aromatic heterocycles. The lowest BCUT2D eigenvalue weighted by molar-refractivity contribution is 0.0925. The number of anilines is 2. The van der Waals surface area contributed by atoms with Gasteiger partial charge in [-0.05, 0) is 48.5 Å². The number of nitrogens with zero attached hydrogens (tertiary/aromatic N) is 1. The number of phenols is 1. The van der Waals surface area contributed by atoms with Gasteiger partial charge in [0.05, 0.1) is 16.8 Å². The van der Waals surface area contributed by atoms with Crippen LogP contribution >= 0.6 is 0 Å². The lowest BCUT2D eigenvalue weighted by atomic mass is 10.1. The highest BCUT2D eigenvalue weighted by Gasteiger charge is 2.38. The molecule has 0 atom stereocenters. The van der Waals surface area contributed by atoms with Crippen molar-refractivity contribution in [1.82, 2.24) is 0 Å². The van der Waals surface area contributed by atoms with Crippen LogP contribution in [0.15, 0.2) is 77.7 Å². The van der Waals surface area contributed by atoms with Crippen molar-refractivity contribution in [2.75, 3.05) is 9.62 Å². The molecule has 0 aliphatic carbocycles. The third-order valence-corrected chi connectivity index (χ3v) is 5.74. The van der Waals surface area contributed by atoms with Crippen LogP contribution in [0.4, 0.5) is 11.4 Å². The smallest absolute Gasteiger partial charge is 0.266 e. The van der Waals surface area contributed by atoms with E-state index in [1.165, 1.54) is 54.6 Å². The van der Waals surface area contributed by atoms with Crippen molar-refractivity contribution >= 4 is 33.2 Å². The number of hydrogen-bond acceptors (Lipinski definition) is 5. The second-order valence-electron chi connectivity index (χ2n) is 6.11. The molecule has 4 rings (SSSR count). The van der Waals surface area contributed by atoms with E-state index in [4.69, 9.17) is 0 Å². The second-order valence-corrected chi connectivity index (χ2v) is 7.76. The zero-order chi connectivity index (χ0) is 19.9. The van der Waals surface area contributed by atoms with Gasteiger partial charge in [0, 0.05) is 5.69 Å². The summed E-state index contributed by atoms with van der Waals surface area (Å²) >= 11 is 0. The lowest BCUT2D eigenvalue weighted by Crippen LogP contribution is -2.31. The summed E-state index contributed by atoms with van der Waals surface area (Å²) in [5.41, 5.74) is 0.660. The Morgan fingerprint density at radius 3 is 1.89 bits per heavy atom. The first kappa shape index (κ1) is 17.7. The van der Waals surface area contributed by atoms with Crippen LogP contribution in [0.5, 0.6) is 5.75 Å². The standard InChI is InChI=1S/C20H14N2O5S/c23-14-11-9-13(10-12-14)21-28(26,27)18-8-4-3-7-17(18)22-19(24)15-5-1-2-6-16(15)20(22)25/h1-12,21,23H. The molecule has 3 aromatic carbocycles. The molecule has 1 aliphatic rings. The molecule has 3 aromatic rings. The van der Waals surface area contributed by atoms with E-state index in [0.29, 0.717) is 0 Å². The number of benzene rings is 3. The fourth-order valence-electron chi connectivity index (χ4n) is 3.02. The quantitative estimate of drug-likeness (QED) is 0.523. The van der Waals surface area contributed by atoms with Crippen LogP contribution in [0, 0.1) is 0 Å². The van der Waals surface area contributed by atoms with Gasteiger partial charge in [0.25, 0.3) is 21.8 Å². The Morgan fingerprint density at radius 1 is 0.750 bits per heavy atom. The van der Waals surface area contributed by atoms with Gasteiger partial charge in [-0.2, -0.15) is 0 Å². The van der Waals surface area contributed by atoms with Gasteiger partial charge in [-0.3, -0.25) is 14.3 Å². The SMILES string of the molecule is O=C1c2ccccc2C(=O)N1c1ccccc1S(=O)(=O)Nc1ccc(O)cc1. The van der Waals surface area contributed by atoms with E-state index in [0.717, 1.165) is 4.90 Å². The molecular formula is C20H14N2O5S. The molecular weight excluding hydrogens is 380 g/mol. The Labute approximate surface area is 160 Å². The van der Waals surface area contributed by atoms with Crippen LogP contribution < -0.4 is 9.62 Å². The minimum absolute atomic E-state index is 0.00521. The molecule has 1 aliphatic heterocycles. The van der Waals surface area contributed by atoms with Crippen molar-refractivity contribution < 1.29 is 23.1 Å². The first-order valence-corrected chi connectivity index (χ1v) is 9.75. The van der Waals surface area contributed by atoms with E-state index in [9.17, 15) is 23.1 Å². The molecule has 0 bridgehead atoms. The van der Waals surface area contributed by atoms with Gasteiger partial charge >= 0.3 is 0 Å². The molecule has 0 saturated heterocycles. The average molecular weight is 394 g/mol. The van der Waals surface area contributed by atoms with Crippen molar-refractivity contribution in [2.24, 2.45) is 0 Å². The number of carbonyl (C=O) groups is 2. The second kappa shape index (κ2) is 6.50. The summed E-state index contributed by atoms with van der Waals surface area (Å²) in [6, 6.07) is 17.6. The van der Waals surface area contributed by atoms with Crippen molar-refractivity contribution in [3.63, 3.8) is 0 Å². The molecule has 2 N–H and O–H groups in total. The van der Waals surface area contributed by atoms with Crippen molar-refractivity contribution in [1.29, 1.82) is 0 Å². The van der Waals surface area contributed by atoms with E-state index in [1.54, 1.807) is 18.2 Å². The molecule has 0 saturated carbocycles. The van der Waals surface area contributed by atoms with Gasteiger partial charge in [0.1, 0.15) is 10.6 Å². The van der Waals surface area contributed by atoms with Crippen molar-refractivity contribution in [2.45, 2.75) is 4.90 Å². The highest BCUT2D eigenvalue weighted by atomic mass is 32.2. The largest absolute Gasteiger partial charge is 0.508 e.